The van der Waals surface area contributed by atoms with Gasteiger partial charge in [0, 0.05) is 33.4 Å². The number of hydrogen-bond donors (Lipinski definition) is 7. The van der Waals surface area contributed by atoms with Crippen LogP contribution in [0.1, 0.15) is 26.7 Å². The van der Waals surface area contributed by atoms with Crippen LogP contribution >= 0.6 is 19.5 Å². The standard InChI is InChI=1S/C15H36N7O4PS/c1-11(2)13(21-28-5)15(24)20-12(7-6-8-18-22-16)14(23)17-9-10-19-27(4,25)26-3/h11-13,18,21-22H,6-10,16H2,1-5H3,(H,17,23)(H,19,25)(H,20,24). The van der Waals surface area contributed by atoms with Gasteiger partial charge in [0.15, 0.2) is 0 Å². The normalized spacial score (nSPS) is 15.7. The van der Waals surface area contributed by atoms with E-state index in [0.29, 0.717) is 19.4 Å². The zero-order valence-corrected chi connectivity index (χ0v) is 19.0. The van der Waals surface area contributed by atoms with Crippen LogP contribution in [0, 0.1) is 5.92 Å². The predicted octanol–water partition coefficient (Wildman–Crippen LogP) is -0.713. The van der Waals surface area contributed by atoms with Crippen LogP contribution in [0.2, 0.25) is 0 Å². The van der Waals surface area contributed by atoms with Gasteiger partial charge in [0.1, 0.15) is 6.04 Å². The first-order valence-electron chi connectivity index (χ1n) is 9.12. The quantitative estimate of drug-likeness (QED) is 0.0536. The summed E-state index contributed by atoms with van der Waals surface area (Å²) < 4.78 is 19.7. The lowest BCUT2D eigenvalue weighted by molar-refractivity contribution is -0.130. The van der Waals surface area contributed by atoms with E-state index in [1.807, 2.05) is 20.1 Å². The second kappa shape index (κ2) is 15.2. The summed E-state index contributed by atoms with van der Waals surface area (Å²) in [5.41, 5.74) is 5.07. The summed E-state index contributed by atoms with van der Waals surface area (Å²) >= 11 is 1.36. The van der Waals surface area contributed by atoms with Crippen LogP contribution in [0.3, 0.4) is 0 Å². The molecule has 3 unspecified atom stereocenters. The number of amides is 2. The van der Waals surface area contributed by atoms with Crippen LogP contribution in [0.25, 0.3) is 0 Å². The molecule has 11 nitrogen and oxygen atoms in total. The molecule has 0 aliphatic carbocycles. The van der Waals surface area contributed by atoms with Gasteiger partial charge < -0.3 is 15.2 Å². The van der Waals surface area contributed by atoms with E-state index < -0.39 is 19.6 Å². The lowest BCUT2D eigenvalue weighted by Gasteiger charge is -2.24. The fourth-order valence-corrected chi connectivity index (χ4v) is 3.53. The lowest BCUT2D eigenvalue weighted by atomic mass is 10.0. The SMILES string of the molecule is COP(C)(=O)NCCNC(=O)C(CCCNNN)NC(=O)C(NSC)C(C)C. The molecule has 0 heterocycles. The number of nitrogens with one attached hydrogen (secondary N) is 6. The fraction of sp³-hybridized carbons (Fsp3) is 0.867. The molecule has 0 spiro atoms. The van der Waals surface area contributed by atoms with Crippen molar-refractivity contribution in [3.63, 3.8) is 0 Å². The summed E-state index contributed by atoms with van der Waals surface area (Å²) in [6, 6.07) is -1.10. The minimum atomic E-state index is -2.85. The van der Waals surface area contributed by atoms with Gasteiger partial charge in [-0.05, 0) is 25.0 Å². The Labute approximate surface area is 172 Å². The highest BCUT2D eigenvalue weighted by Crippen LogP contribution is 2.34. The summed E-state index contributed by atoms with van der Waals surface area (Å²) in [5.74, 6) is 4.69. The topological polar surface area (TPSA) is 159 Å². The van der Waals surface area contributed by atoms with Gasteiger partial charge >= 0.3 is 0 Å². The average molecular weight is 442 g/mol. The molecule has 28 heavy (non-hydrogen) atoms. The summed E-state index contributed by atoms with van der Waals surface area (Å²) in [4.78, 5) is 25.1. The van der Waals surface area contributed by atoms with Crippen LogP contribution in [0.4, 0.5) is 0 Å². The fourth-order valence-electron chi connectivity index (χ4n) is 2.25. The van der Waals surface area contributed by atoms with Crippen molar-refractivity contribution >= 4 is 31.3 Å². The van der Waals surface area contributed by atoms with Crippen molar-refractivity contribution in [2.45, 2.75) is 38.8 Å². The van der Waals surface area contributed by atoms with Crippen LogP contribution < -0.4 is 37.2 Å². The minimum Gasteiger partial charge on any atom is -0.353 e. The first kappa shape index (κ1) is 27.3. The summed E-state index contributed by atoms with van der Waals surface area (Å²) in [5, 5.41) is 8.31. The molecule has 2 amide bonds. The molecule has 8 N–H and O–H groups in total. The lowest BCUT2D eigenvalue weighted by Crippen LogP contribution is -2.53. The van der Waals surface area contributed by atoms with Crippen LogP contribution in [-0.2, 0) is 18.7 Å². The third kappa shape index (κ3) is 12.0. The van der Waals surface area contributed by atoms with Crippen molar-refractivity contribution in [2.75, 3.05) is 39.7 Å². The highest BCUT2D eigenvalue weighted by Gasteiger charge is 2.27. The number of carbonyl (C=O) groups is 2. The monoisotopic (exact) mass is 441 g/mol. The molecule has 13 heteroatoms. The number of hydrogen-bond acceptors (Lipinski definition) is 9. The van der Waals surface area contributed by atoms with Crippen LogP contribution in [0.5, 0.6) is 0 Å². The van der Waals surface area contributed by atoms with Gasteiger partial charge in [0.2, 0.25) is 11.8 Å². The van der Waals surface area contributed by atoms with Gasteiger partial charge in [0.05, 0.1) is 6.04 Å². The summed E-state index contributed by atoms with van der Waals surface area (Å²) in [6.07, 6.45) is 2.91. The third-order valence-electron chi connectivity index (χ3n) is 3.90. The van der Waals surface area contributed by atoms with E-state index in [1.165, 1.54) is 25.7 Å². The Morgan fingerprint density at radius 2 is 1.86 bits per heavy atom. The number of hydrazine groups is 2. The molecule has 0 rings (SSSR count). The Morgan fingerprint density at radius 1 is 1.18 bits per heavy atom. The molecule has 0 aliphatic heterocycles. The first-order valence-corrected chi connectivity index (χ1v) is 12.4. The molecule has 0 saturated carbocycles. The molecule has 0 aromatic rings. The number of nitrogens with two attached hydrogens (primary N) is 1. The Morgan fingerprint density at radius 3 is 2.39 bits per heavy atom. The molecule has 3 atom stereocenters. The molecule has 166 valence electrons. The summed E-state index contributed by atoms with van der Waals surface area (Å²) in [6.45, 7) is 6.41. The van der Waals surface area contributed by atoms with Gasteiger partial charge in [-0.15, -0.1) is 0 Å². The van der Waals surface area contributed by atoms with Crippen molar-refractivity contribution in [1.82, 2.24) is 31.4 Å². The van der Waals surface area contributed by atoms with Crippen LogP contribution in [-0.4, -0.2) is 63.6 Å². The van der Waals surface area contributed by atoms with Gasteiger partial charge in [-0.25, -0.2) is 10.5 Å². The van der Waals surface area contributed by atoms with E-state index in [0.717, 1.165) is 0 Å². The average Bonchev–Trinajstić information content (AvgIpc) is 2.65. The summed E-state index contributed by atoms with van der Waals surface area (Å²) in [7, 11) is -1.49. The van der Waals surface area contributed by atoms with E-state index in [-0.39, 0.29) is 30.8 Å². The van der Waals surface area contributed by atoms with Gasteiger partial charge in [0.25, 0.3) is 7.52 Å². The molecule has 0 saturated heterocycles. The molecule has 0 aromatic heterocycles. The Kier molecular flexibility index (Phi) is 14.8. The highest BCUT2D eigenvalue weighted by atomic mass is 32.2. The molecular formula is C15H36N7O4PS. The van der Waals surface area contributed by atoms with E-state index >= 15 is 0 Å². The maximum Gasteiger partial charge on any atom is 0.266 e. The maximum atomic E-state index is 12.6. The number of carbonyl (C=O) groups excluding carboxylic acids is 2. The number of rotatable bonds is 16. The van der Waals surface area contributed by atoms with Gasteiger partial charge in [-0.2, -0.15) is 5.53 Å². The van der Waals surface area contributed by atoms with Crippen molar-refractivity contribution < 1.29 is 18.7 Å². The van der Waals surface area contributed by atoms with E-state index in [4.69, 9.17) is 10.4 Å². The van der Waals surface area contributed by atoms with Crippen molar-refractivity contribution in [3.05, 3.63) is 0 Å². The van der Waals surface area contributed by atoms with Crippen molar-refractivity contribution in [1.29, 1.82) is 0 Å². The van der Waals surface area contributed by atoms with Crippen molar-refractivity contribution in [2.24, 2.45) is 11.8 Å². The van der Waals surface area contributed by atoms with E-state index in [9.17, 15) is 14.2 Å². The van der Waals surface area contributed by atoms with Gasteiger partial charge in [-0.3, -0.25) is 24.7 Å². The second-order valence-electron chi connectivity index (χ2n) is 6.55. The Balaban J connectivity index is 4.77. The molecule has 0 radical (unpaired) electrons. The largest absolute Gasteiger partial charge is 0.353 e. The predicted molar refractivity (Wildman–Crippen MR) is 113 cm³/mol. The zero-order valence-electron chi connectivity index (χ0n) is 17.3. The molecule has 0 bridgehead atoms. The minimum absolute atomic E-state index is 0.0659. The molecule has 0 aliphatic rings. The Hall–Kier alpha value is -0.720. The van der Waals surface area contributed by atoms with Crippen LogP contribution in [0.15, 0.2) is 0 Å². The van der Waals surface area contributed by atoms with E-state index in [2.05, 4.69) is 31.4 Å². The zero-order chi connectivity index (χ0) is 21.6. The van der Waals surface area contributed by atoms with Gasteiger partial charge in [-0.1, -0.05) is 25.8 Å². The highest BCUT2D eigenvalue weighted by molar-refractivity contribution is 7.96. The Bertz CT molecular complexity index is 513. The molecular weight excluding hydrogens is 405 g/mol. The van der Waals surface area contributed by atoms with E-state index in [1.54, 1.807) is 0 Å². The maximum absolute atomic E-state index is 12.6. The molecule has 0 aromatic carbocycles. The smallest absolute Gasteiger partial charge is 0.266 e. The van der Waals surface area contributed by atoms with Crippen molar-refractivity contribution in [3.8, 4) is 0 Å². The first-order chi connectivity index (χ1) is 13.2. The second-order valence-corrected chi connectivity index (χ2v) is 9.56. The third-order valence-corrected chi connectivity index (χ3v) is 5.88. The molecule has 0 fully saturated rings.